The molecule has 1 atom stereocenters. The Morgan fingerprint density at radius 2 is 2.07 bits per heavy atom. The van der Waals surface area contributed by atoms with E-state index in [1.165, 1.54) is 0 Å². The first kappa shape index (κ1) is 13.2. The molecule has 0 radical (unpaired) electrons. The Bertz CT molecular complexity index is 317. The summed E-state index contributed by atoms with van der Waals surface area (Å²) in [7, 11) is 0. The molecule has 84 valence electrons. The summed E-state index contributed by atoms with van der Waals surface area (Å²) in [5, 5.41) is 12.6. The average molecular weight is 337 g/mol. The number of benzene rings is 1. The molecule has 0 aliphatic carbocycles. The first-order valence-electron chi connectivity index (χ1n) is 4.98. The van der Waals surface area contributed by atoms with Crippen LogP contribution in [0.25, 0.3) is 0 Å². The quantitative estimate of drug-likeness (QED) is 0.865. The average Bonchev–Trinajstić information content (AvgIpc) is 2.24. The summed E-state index contributed by atoms with van der Waals surface area (Å²) in [5.41, 5.74) is 1.10. The van der Waals surface area contributed by atoms with Crippen LogP contribution in [0.5, 0.6) is 0 Å². The zero-order valence-corrected chi connectivity index (χ0v) is 11.8. The van der Waals surface area contributed by atoms with E-state index in [0.717, 1.165) is 27.5 Å². The van der Waals surface area contributed by atoms with Gasteiger partial charge in [-0.3, -0.25) is 0 Å². The lowest BCUT2D eigenvalue weighted by molar-refractivity contribution is 0.245. The predicted octanol–water partition coefficient (Wildman–Crippen LogP) is 3.24. The van der Waals surface area contributed by atoms with Gasteiger partial charge in [-0.15, -0.1) is 0 Å². The zero-order valence-electron chi connectivity index (χ0n) is 8.63. The van der Waals surface area contributed by atoms with Gasteiger partial charge in [-0.2, -0.15) is 0 Å². The lowest BCUT2D eigenvalue weighted by Crippen LogP contribution is -2.25. The van der Waals surface area contributed by atoms with Gasteiger partial charge >= 0.3 is 0 Å². The summed E-state index contributed by atoms with van der Waals surface area (Å²) in [6.45, 7) is 3.14. The van der Waals surface area contributed by atoms with Crippen molar-refractivity contribution in [2.24, 2.45) is 0 Å². The summed E-state index contributed by atoms with van der Waals surface area (Å²) in [6, 6.07) is 6.04. The maximum Gasteiger partial charge on any atom is 0.0626 e. The van der Waals surface area contributed by atoms with Crippen LogP contribution < -0.4 is 5.32 Å². The predicted molar refractivity (Wildman–Crippen MR) is 70.0 cm³/mol. The number of hydrogen-bond acceptors (Lipinski definition) is 2. The van der Waals surface area contributed by atoms with Gasteiger partial charge in [0.15, 0.2) is 0 Å². The van der Waals surface area contributed by atoms with E-state index in [2.05, 4.69) is 44.1 Å². The van der Waals surface area contributed by atoms with Crippen LogP contribution in [0.4, 0.5) is 0 Å². The molecule has 0 spiro atoms. The number of rotatable bonds is 5. The highest BCUT2D eigenvalue weighted by Crippen LogP contribution is 2.26. The second-order valence-corrected chi connectivity index (χ2v) is 5.07. The van der Waals surface area contributed by atoms with E-state index in [-0.39, 0.29) is 12.6 Å². The highest BCUT2D eigenvalue weighted by molar-refractivity contribution is 9.13. The molecule has 1 rings (SSSR count). The zero-order chi connectivity index (χ0) is 11.3. The van der Waals surface area contributed by atoms with Crippen molar-refractivity contribution in [1.82, 2.24) is 5.32 Å². The Hall–Kier alpha value is 0.1000. The maximum absolute atomic E-state index is 9.28. The van der Waals surface area contributed by atoms with Crippen molar-refractivity contribution in [2.75, 3.05) is 13.2 Å². The second-order valence-electron chi connectivity index (χ2n) is 3.36. The molecule has 15 heavy (non-hydrogen) atoms. The summed E-state index contributed by atoms with van der Waals surface area (Å²) in [4.78, 5) is 0. The van der Waals surface area contributed by atoms with Crippen LogP contribution in [0.15, 0.2) is 27.1 Å². The van der Waals surface area contributed by atoms with Crippen LogP contribution in [0, 0.1) is 0 Å². The molecule has 0 saturated heterocycles. The SMILES string of the molecule is CCCNC(CO)c1ccc(Br)c(Br)c1. The summed E-state index contributed by atoms with van der Waals surface area (Å²) in [5.74, 6) is 0. The van der Waals surface area contributed by atoms with Crippen molar-refractivity contribution < 1.29 is 5.11 Å². The van der Waals surface area contributed by atoms with Gasteiger partial charge in [0.05, 0.1) is 12.6 Å². The van der Waals surface area contributed by atoms with Gasteiger partial charge in [-0.05, 0) is 62.5 Å². The lowest BCUT2D eigenvalue weighted by Gasteiger charge is -2.16. The van der Waals surface area contributed by atoms with E-state index in [9.17, 15) is 5.11 Å². The molecule has 2 nitrogen and oxygen atoms in total. The molecule has 2 N–H and O–H groups in total. The van der Waals surface area contributed by atoms with Crippen molar-refractivity contribution in [3.8, 4) is 0 Å². The van der Waals surface area contributed by atoms with Crippen molar-refractivity contribution in [1.29, 1.82) is 0 Å². The molecular formula is C11H15Br2NO. The number of hydrogen-bond donors (Lipinski definition) is 2. The van der Waals surface area contributed by atoms with Crippen LogP contribution >= 0.6 is 31.9 Å². The minimum atomic E-state index is 0.0225. The molecular weight excluding hydrogens is 322 g/mol. The second kappa shape index (κ2) is 6.63. The van der Waals surface area contributed by atoms with Gasteiger partial charge in [0.1, 0.15) is 0 Å². The monoisotopic (exact) mass is 335 g/mol. The minimum Gasteiger partial charge on any atom is -0.394 e. The van der Waals surface area contributed by atoms with Gasteiger partial charge in [-0.25, -0.2) is 0 Å². The van der Waals surface area contributed by atoms with Crippen molar-refractivity contribution >= 4 is 31.9 Å². The van der Waals surface area contributed by atoms with Crippen LogP contribution in [0.1, 0.15) is 24.9 Å². The number of nitrogens with one attached hydrogen (secondary N) is 1. The molecule has 1 unspecified atom stereocenters. The van der Waals surface area contributed by atoms with Gasteiger partial charge in [0, 0.05) is 8.95 Å². The van der Waals surface area contributed by atoms with E-state index < -0.39 is 0 Å². The molecule has 0 heterocycles. The summed E-state index contributed by atoms with van der Waals surface area (Å²) in [6.07, 6.45) is 1.06. The highest BCUT2D eigenvalue weighted by Gasteiger charge is 2.10. The van der Waals surface area contributed by atoms with E-state index in [0.29, 0.717) is 0 Å². The molecule has 0 aliphatic rings. The molecule has 0 aromatic heterocycles. The number of aliphatic hydroxyl groups excluding tert-OH is 1. The Balaban J connectivity index is 2.78. The van der Waals surface area contributed by atoms with Crippen molar-refractivity contribution in [3.63, 3.8) is 0 Å². The van der Waals surface area contributed by atoms with Crippen molar-refractivity contribution in [2.45, 2.75) is 19.4 Å². The fourth-order valence-corrected chi connectivity index (χ4v) is 1.98. The van der Waals surface area contributed by atoms with Crippen LogP contribution in [-0.2, 0) is 0 Å². The van der Waals surface area contributed by atoms with Gasteiger partial charge < -0.3 is 10.4 Å². The van der Waals surface area contributed by atoms with E-state index >= 15 is 0 Å². The Morgan fingerprint density at radius 1 is 1.33 bits per heavy atom. The highest BCUT2D eigenvalue weighted by atomic mass is 79.9. The lowest BCUT2D eigenvalue weighted by atomic mass is 10.1. The third-order valence-electron chi connectivity index (χ3n) is 2.17. The molecule has 0 fully saturated rings. The van der Waals surface area contributed by atoms with Crippen LogP contribution in [0.2, 0.25) is 0 Å². The minimum absolute atomic E-state index is 0.0225. The standard InChI is InChI=1S/C11H15Br2NO/c1-2-5-14-11(7-15)8-3-4-9(12)10(13)6-8/h3-4,6,11,14-15H,2,5,7H2,1H3. The third-order valence-corrected chi connectivity index (χ3v) is 4.05. The first-order valence-corrected chi connectivity index (χ1v) is 6.56. The van der Waals surface area contributed by atoms with Crippen LogP contribution in [-0.4, -0.2) is 18.3 Å². The first-order chi connectivity index (χ1) is 7.19. The van der Waals surface area contributed by atoms with E-state index in [4.69, 9.17) is 0 Å². The molecule has 0 bridgehead atoms. The van der Waals surface area contributed by atoms with Gasteiger partial charge in [0.2, 0.25) is 0 Å². The summed E-state index contributed by atoms with van der Waals surface area (Å²) >= 11 is 6.88. The van der Waals surface area contributed by atoms with Gasteiger partial charge in [-0.1, -0.05) is 13.0 Å². The smallest absolute Gasteiger partial charge is 0.0626 e. The Morgan fingerprint density at radius 3 is 2.60 bits per heavy atom. The fraction of sp³-hybridized carbons (Fsp3) is 0.455. The largest absolute Gasteiger partial charge is 0.394 e. The van der Waals surface area contributed by atoms with Gasteiger partial charge in [0.25, 0.3) is 0 Å². The normalized spacial score (nSPS) is 12.8. The number of halogens is 2. The van der Waals surface area contributed by atoms with Crippen LogP contribution in [0.3, 0.4) is 0 Å². The van der Waals surface area contributed by atoms with Crippen molar-refractivity contribution in [3.05, 3.63) is 32.7 Å². The topological polar surface area (TPSA) is 32.3 Å². The molecule has 0 saturated carbocycles. The number of aliphatic hydroxyl groups is 1. The molecule has 1 aromatic carbocycles. The molecule has 0 amide bonds. The molecule has 4 heteroatoms. The third kappa shape index (κ3) is 3.87. The Labute approximate surface area is 107 Å². The maximum atomic E-state index is 9.28. The fourth-order valence-electron chi connectivity index (χ4n) is 1.34. The molecule has 0 aliphatic heterocycles. The molecule has 1 aromatic rings. The summed E-state index contributed by atoms with van der Waals surface area (Å²) < 4.78 is 2.04. The Kier molecular flexibility index (Phi) is 5.82. The van der Waals surface area contributed by atoms with E-state index in [1.54, 1.807) is 0 Å². The van der Waals surface area contributed by atoms with E-state index in [1.807, 2.05) is 18.2 Å².